The number of thiophene rings is 1. The number of nitrogens with one attached hydrogen (secondary N) is 1. The molecule has 2 amide bonds. The number of benzene rings is 2. The summed E-state index contributed by atoms with van der Waals surface area (Å²) in [7, 11) is 1.00. The van der Waals surface area contributed by atoms with E-state index in [0.717, 1.165) is 99.7 Å². The molecule has 0 saturated carbocycles. The van der Waals surface area contributed by atoms with E-state index in [9.17, 15) is 9.59 Å². The van der Waals surface area contributed by atoms with Gasteiger partial charge in [0.1, 0.15) is 11.6 Å². The molecule has 15 heteroatoms. The van der Waals surface area contributed by atoms with Gasteiger partial charge in [0, 0.05) is 76.0 Å². The van der Waals surface area contributed by atoms with Crippen LogP contribution in [-0.2, 0) is 16.1 Å². The summed E-state index contributed by atoms with van der Waals surface area (Å²) in [5, 5.41) is 20.3. The van der Waals surface area contributed by atoms with Gasteiger partial charge in [0.15, 0.2) is 0 Å². The van der Waals surface area contributed by atoms with Crippen LogP contribution in [0.3, 0.4) is 0 Å². The molecule has 13 nitrogen and oxygen atoms in total. The van der Waals surface area contributed by atoms with E-state index < -0.39 is 6.04 Å². The van der Waals surface area contributed by atoms with Crippen LogP contribution < -0.4 is 15.1 Å². The molecule has 7 heterocycles. The molecule has 0 bridgehead atoms. The van der Waals surface area contributed by atoms with E-state index in [-0.39, 0.29) is 23.7 Å². The van der Waals surface area contributed by atoms with Crippen molar-refractivity contribution in [2.45, 2.75) is 46.2 Å². The summed E-state index contributed by atoms with van der Waals surface area (Å²) in [4.78, 5) is 54.0. The number of aromatic nitrogens is 5. The van der Waals surface area contributed by atoms with E-state index >= 15 is 0 Å². The van der Waals surface area contributed by atoms with E-state index in [2.05, 4.69) is 80.5 Å². The van der Waals surface area contributed by atoms with E-state index in [1.165, 1.54) is 5.00 Å². The van der Waals surface area contributed by atoms with E-state index in [0.29, 0.717) is 32.0 Å². The van der Waals surface area contributed by atoms with Crippen LogP contribution in [0.1, 0.15) is 43.5 Å². The Morgan fingerprint density at radius 2 is 1.61 bits per heavy atom. The lowest BCUT2D eigenvalue weighted by atomic mass is 9.86. The first-order valence-corrected chi connectivity index (χ1v) is 22.4. The Kier molecular flexibility index (Phi) is 12.9. The third-order valence-corrected chi connectivity index (χ3v) is 13.6. The number of nitrogens with zero attached hydrogens (tertiary/aromatic N) is 9. The minimum absolute atomic E-state index is 0.00381. The Morgan fingerprint density at radius 3 is 2.31 bits per heavy atom. The minimum Gasteiger partial charge on any atom is -0.400 e. The lowest BCUT2D eigenvalue weighted by Gasteiger charge is -2.35. The Labute approximate surface area is 363 Å². The molecular formula is C46H50N10O3S2. The van der Waals surface area contributed by atoms with Gasteiger partial charge >= 0.3 is 0 Å². The van der Waals surface area contributed by atoms with Gasteiger partial charge in [-0.15, -0.1) is 32.9 Å². The fourth-order valence-electron chi connectivity index (χ4n) is 8.29. The van der Waals surface area contributed by atoms with Crippen LogP contribution in [0.2, 0.25) is 0 Å². The molecule has 9 rings (SSSR count). The largest absolute Gasteiger partial charge is 0.400 e. The molecule has 6 aromatic rings. The number of anilines is 2. The predicted octanol–water partition coefficient (Wildman–Crippen LogP) is 6.82. The average Bonchev–Trinajstić information content (AvgIpc) is 4.14. The number of likely N-dealkylation sites (tertiary alicyclic amines) is 1. The Morgan fingerprint density at radius 1 is 0.869 bits per heavy atom. The zero-order valence-corrected chi connectivity index (χ0v) is 36.5. The number of piperazine rings is 1. The zero-order chi connectivity index (χ0) is 42.5. The summed E-state index contributed by atoms with van der Waals surface area (Å²) in [6.45, 7) is 10.9. The molecule has 0 spiro atoms. The minimum atomic E-state index is -0.486. The Bertz CT molecular complexity index is 2530. The van der Waals surface area contributed by atoms with Crippen molar-refractivity contribution in [1.29, 1.82) is 0 Å². The van der Waals surface area contributed by atoms with Crippen molar-refractivity contribution in [3.05, 3.63) is 113 Å². The van der Waals surface area contributed by atoms with Crippen LogP contribution in [0.4, 0.5) is 10.9 Å². The van der Waals surface area contributed by atoms with Crippen molar-refractivity contribution in [3.8, 4) is 21.7 Å². The fraction of sp³-hybridized carbons (Fsp3) is 0.348. The zero-order valence-electron chi connectivity index (χ0n) is 34.9. The molecule has 3 aliphatic rings. The third-order valence-electron chi connectivity index (χ3n) is 11.5. The standard InChI is InChI=1S/C45H46N10O2S2.CH4O/c1-28(2)41(44(57)55-15-7-10-38(55)43(56)47-23-30-11-13-32(14-12-30)42-29(3)50-27-58-42)33-20-35(46-24-33)34-25-48-45(49-26-34)54-18-16-53(17-19-54)40-22-37-39(59-40)21-36(51-52-37)31-8-5-4-6-9-31;1-2/h4-6,8-9,11-14,20-22,25-28,38,41H,7,10,15-19,23-24H2,1-3H3,(H,47,56);2H,1H3. The normalized spacial score (nSPS) is 17.0. The highest BCUT2D eigenvalue weighted by molar-refractivity contribution is 7.22. The van der Waals surface area contributed by atoms with Gasteiger partial charge in [-0.2, -0.15) is 0 Å². The first-order chi connectivity index (χ1) is 29.8. The predicted molar refractivity (Wildman–Crippen MR) is 244 cm³/mol. The molecule has 4 aromatic heterocycles. The molecule has 2 N–H and O–H groups in total. The molecule has 0 aliphatic carbocycles. The van der Waals surface area contributed by atoms with Gasteiger partial charge < -0.3 is 25.1 Å². The molecule has 2 unspecified atom stereocenters. The van der Waals surface area contributed by atoms with Crippen molar-refractivity contribution >= 4 is 61.4 Å². The van der Waals surface area contributed by atoms with Crippen LogP contribution in [-0.4, -0.2) is 105 Å². The number of thiazole rings is 1. The SMILES string of the molecule is CO.Cc1ncsc1-c1ccc(CNC(=O)C2CCCN2C(=O)C(C2=CC(c3cnc(N4CCN(c5cc6nnc(-c7ccccc7)cc6s5)CC4)nc3)=NC2)C(C)C)cc1. The topological polar surface area (TPSA) is 153 Å². The molecule has 0 radical (unpaired) electrons. The second kappa shape index (κ2) is 18.8. The monoisotopic (exact) mass is 854 g/mol. The van der Waals surface area contributed by atoms with Gasteiger partial charge in [0.05, 0.1) is 49.7 Å². The van der Waals surface area contributed by atoms with Crippen molar-refractivity contribution in [2.24, 2.45) is 16.8 Å². The number of hydrogen-bond donors (Lipinski definition) is 2. The van der Waals surface area contributed by atoms with Crippen molar-refractivity contribution < 1.29 is 14.7 Å². The number of amides is 2. The number of aryl methyl sites for hydroxylation is 1. The summed E-state index contributed by atoms with van der Waals surface area (Å²) in [6.07, 6.45) is 7.15. The number of hydrogen-bond acceptors (Lipinski definition) is 13. The smallest absolute Gasteiger partial charge is 0.243 e. The number of aliphatic hydroxyl groups excluding tert-OH is 1. The first kappa shape index (κ1) is 41.8. The summed E-state index contributed by atoms with van der Waals surface area (Å²) in [6, 6.07) is 22.1. The number of fused-ring (bicyclic) bond motifs is 1. The second-order valence-corrected chi connectivity index (χ2v) is 17.6. The molecule has 2 saturated heterocycles. The number of carbonyl (C=O) groups is 2. The maximum atomic E-state index is 14.2. The second-order valence-electron chi connectivity index (χ2n) is 15.7. The van der Waals surface area contributed by atoms with Gasteiger partial charge in [0.2, 0.25) is 17.8 Å². The van der Waals surface area contributed by atoms with Gasteiger partial charge in [-0.25, -0.2) is 15.0 Å². The van der Waals surface area contributed by atoms with Gasteiger partial charge in [0.25, 0.3) is 0 Å². The molecular weight excluding hydrogens is 805 g/mol. The number of aliphatic imine (C=N–C) groups is 1. The summed E-state index contributed by atoms with van der Waals surface area (Å²) in [5.74, 6) is 0.253. The number of rotatable bonds is 11. The first-order valence-electron chi connectivity index (χ1n) is 20.7. The van der Waals surface area contributed by atoms with Crippen LogP contribution in [0, 0.1) is 18.8 Å². The fourth-order valence-corrected chi connectivity index (χ4v) is 10.2. The molecule has 3 aliphatic heterocycles. The van der Waals surface area contributed by atoms with Crippen LogP contribution in [0.25, 0.3) is 31.9 Å². The highest BCUT2D eigenvalue weighted by atomic mass is 32.1. The van der Waals surface area contributed by atoms with Gasteiger partial charge in [-0.05, 0) is 54.5 Å². The molecule has 2 atom stereocenters. The number of carbonyl (C=O) groups excluding carboxylic acids is 2. The molecule has 2 aromatic carbocycles. The number of allylic oxidation sites excluding steroid dienone is 1. The van der Waals surface area contributed by atoms with E-state index in [1.807, 2.05) is 61.2 Å². The van der Waals surface area contributed by atoms with Crippen molar-refractivity contribution in [2.75, 3.05) is 56.2 Å². The van der Waals surface area contributed by atoms with E-state index in [1.54, 1.807) is 27.6 Å². The van der Waals surface area contributed by atoms with E-state index in [4.69, 9.17) is 20.1 Å². The summed E-state index contributed by atoms with van der Waals surface area (Å²) in [5.41, 5.74) is 10.4. The third kappa shape index (κ3) is 9.09. The van der Waals surface area contributed by atoms with Crippen LogP contribution in [0.5, 0.6) is 0 Å². The lowest BCUT2D eigenvalue weighted by Crippen LogP contribution is -2.48. The number of aliphatic hydroxyl groups is 1. The van der Waals surface area contributed by atoms with Gasteiger partial charge in [-0.1, -0.05) is 68.4 Å². The Hall–Kier alpha value is -5.90. The summed E-state index contributed by atoms with van der Waals surface area (Å²) < 4.78 is 1.13. The summed E-state index contributed by atoms with van der Waals surface area (Å²) >= 11 is 3.38. The highest BCUT2D eigenvalue weighted by Gasteiger charge is 2.40. The molecule has 314 valence electrons. The van der Waals surface area contributed by atoms with Crippen molar-refractivity contribution in [3.63, 3.8) is 0 Å². The van der Waals surface area contributed by atoms with Crippen LogP contribution >= 0.6 is 22.7 Å². The van der Waals surface area contributed by atoms with Crippen LogP contribution in [0.15, 0.2) is 101 Å². The molecule has 61 heavy (non-hydrogen) atoms. The average molecular weight is 855 g/mol. The lowest BCUT2D eigenvalue weighted by molar-refractivity contribution is -0.141. The Balaban J connectivity index is 0.00000253. The maximum Gasteiger partial charge on any atom is 0.243 e. The highest BCUT2D eigenvalue weighted by Crippen LogP contribution is 2.35. The molecule has 2 fully saturated rings. The van der Waals surface area contributed by atoms with Crippen molar-refractivity contribution in [1.82, 2.24) is 35.4 Å². The van der Waals surface area contributed by atoms with Gasteiger partial charge in [-0.3, -0.25) is 14.6 Å². The quantitative estimate of drug-likeness (QED) is 0.142. The maximum absolute atomic E-state index is 14.2.